The SMILES string of the molecule is CCCCCCCCCCCCCC(=O)O[C@H](COC(=O)CCCCCCCCC(C)C)COP(=O)(O)OC[C@H](O)COP(=O)(O)OC[C@@H](COC(=O)CCCCCCCCCCCCCC(C)C)OC(=O)CCCCCCCCCCCCCCCCCC(C)C. The van der Waals surface area contributed by atoms with Crippen LogP contribution in [0.4, 0.5) is 0 Å². The molecule has 0 aromatic carbocycles. The molecule has 19 heteroatoms. The summed E-state index contributed by atoms with van der Waals surface area (Å²) in [6, 6.07) is 0. The zero-order valence-electron chi connectivity index (χ0n) is 60.0. The summed E-state index contributed by atoms with van der Waals surface area (Å²) in [4.78, 5) is 72.6. The fourth-order valence-corrected chi connectivity index (χ4v) is 12.7. The lowest BCUT2D eigenvalue weighted by molar-refractivity contribution is -0.161. The average Bonchev–Trinajstić information content (AvgIpc) is 3.68. The number of carbonyl (C=O) groups excluding carboxylic acids is 4. The zero-order valence-corrected chi connectivity index (χ0v) is 61.8. The summed E-state index contributed by atoms with van der Waals surface area (Å²) in [7, 11) is -9.90. The van der Waals surface area contributed by atoms with Gasteiger partial charge in [0.25, 0.3) is 0 Å². The predicted octanol–water partition coefficient (Wildman–Crippen LogP) is 21.0. The van der Waals surface area contributed by atoms with Crippen LogP contribution in [0.3, 0.4) is 0 Å². The molecule has 0 aromatic rings. The van der Waals surface area contributed by atoms with Gasteiger partial charge in [-0.05, 0) is 43.4 Å². The Bertz CT molecular complexity index is 1800. The van der Waals surface area contributed by atoms with Crippen LogP contribution in [0.25, 0.3) is 0 Å². The number of aliphatic hydroxyl groups is 1. The highest BCUT2D eigenvalue weighted by molar-refractivity contribution is 7.47. The molecule has 0 aromatic heterocycles. The van der Waals surface area contributed by atoms with Gasteiger partial charge in [-0.1, -0.05) is 318 Å². The molecule has 0 spiro atoms. The van der Waals surface area contributed by atoms with Crippen LogP contribution < -0.4 is 0 Å². The number of hydrogen-bond donors (Lipinski definition) is 3. The third kappa shape index (κ3) is 66.7. The molecule has 0 saturated carbocycles. The Balaban J connectivity index is 5.23. The molecule has 3 N–H and O–H groups in total. The topological polar surface area (TPSA) is 237 Å². The minimum Gasteiger partial charge on any atom is -0.462 e. The Kier molecular flexibility index (Phi) is 62.4. The van der Waals surface area contributed by atoms with E-state index in [1.165, 1.54) is 173 Å². The molecule has 5 atom stereocenters. The van der Waals surface area contributed by atoms with Crippen LogP contribution in [0.15, 0.2) is 0 Å². The molecular formula is C73H142O17P2. The van der Waals surface area contributed by atoms with Gasteiger partial charge in [0.15, 0.2) is 12.2 Å². The van der Waals surface area contributed by atoms with Gasteiger partial charge in [-0.2, -0.15) is 0 Å². The van der Waals surface area contributed by atoms with E-state index in [1.807, 2.05) is 0 Å². The predicted molar refractivity (Wildman–Crippen MR) is 372 cm³/mol. The maximum atomic E-state index is 13.1. The summed E-state index contributed by atoms with van der Waals surface area (Å²) in [5.41, 5.74) is 0. The van der Waals surface area contributed by atoms with Crippen LogP contribution in [-0.2, 0) is 65.4 Å². The number of esters is 4. The molecule has 0 amide bonds. The molecule has 92 heavy (non-hydrogen) atoms. The van der Waals surface area contributed by atoms with E-state index in [2.05, 4.69) is 48.5 Å². The highest BCUT2D eigenvalue weighted by atomic mass is 31.2. The largest absolute Gasteiger partial charge is 0.472 e. The summed E-state index contributed by atoms with van der Waals surface area (Å²) < 4.78 is 68.4. The molecule has 0 bridgehead atoms. The first kappa shape index (κ1) is 90.1. The van der Waals surface area contributed by atoms with Crippen LogP contribution >= 0.6 is 15.6 Å². The van der Waals surface area contributed by atoms with E-state index in [0.29, 0.717) is 31.6 Å². The minimum atomic E-state index is -4.96. The molecule has 0 aliphatic rings. The van der Waals surface area contributed by atoms with Crippen LogP contribution in [0, 0.1) is 17.8 Å². The number of aliphatic hydroxyl groups excluding tert-OH is 1. The van der Waals surface area contributed by atoms with Crippen molar-refractivity contribution < 1.29 is 80.2 Å². The average molecular weight is 1350 g/mol. The van der Waals surface area contributed by atoms with E-state index in [1.54, 1.807) is 0 Å². The van der Waals surface area contributed by atoms with Crippen LogP contribution in [-0.4, -0.2) is 96.7 Å². The lowest BCUT2D eigenvalue weighted by atomic mass is 10.0. The molecule has 546 valence electrons. The number of ether oxygens (including phenoxy) is 4. The Hall–Kier alpha value is -1.94. The number of phosphoric acid groups is 2. The van der Waals surface area contributed by atoms with Crippen molar-refractivity contribution in [1.82, 2.24) is 0 Å². The molecule has 0 aliphatic heterocycles. The second-order valence-corrected chi connectivity index (χ2v) is 30.7. The Morgan fingerprint density at radius 3 is 0.739 bits per heavy atom. The van der Waals surface area contributed by atoms with Crippen LogP contribution in [0.2, 0.25) is 0 Å². The highest BCUT2D eigenvalue weighted by Crippen LogP contribution is 2.45. The van der Waals surface area contributed by atoms with Crippen molar-refractivity contribution in [3.63, 3.8) is 0 Å². The fourth-order valence-electron chi connectivity index (χ4n) is 11.1. The van der Waals surface area contributed by atoms with Crippen molar-refractivity contribution in [2.75, 3.05) is 39.6 Å². The summed E-state index contributed by atoms with van der Waals surface area (Å²) >= 11 is 0. The lowest BCUT2D eigenvalue weighted by Crippen LogP contribution is -2.30. The molecule has 0 radical (unpaired) electrons. The minimum absolute atomic E-state index is 0.106. The number of carbonyl (C=O) groups is 4. The van der Waals surface area contributed by atoms with Crippen molar-refractivity contribution in [2.45, 2.75) is 388 Å². The van der Waals surface area contributed by atoms with Gasteiger partial charge < -0.3 is 33.8 Å². The second-order valence-electron chi connectivity index (χ2n) is 27.8. The molecule has 0 saturated heterocycles. The van der Waals surface area contributed by atoms with E-state index >= 15 is 0 Å². The van der Waals surface area contributed by atoms with Crippen molar-refractivity contribution in [3.05, 3.63) is 0 Å². The van der Waals surface area contributed by atoms with E-state index in [4.69, 9.17) is 37.0 Å². The molecule has 17 nitrogen and oxygen atoms in total. The molecular weight excluding hydrogens is 1210 g/mol. The van der Waals surface area contributed by atoms with E-state index in [-0.39, 0.29) is 25.7 Å². The van der Waals surface area contributed by atoms with E-state index < -0.39 is 97.5 Å². The number of rotatable bonds is 71. The summed E-state index contributed by atoms with van der Waals surface area (Å²) in [6.07, 6.45) is 48.7. The van der Waals surface area contributed by atoms with E-state index in [0.717, 1.165) is 108 Å². The standard InChI is InChI=1S/C73H142O17P2/c1-8-9-10-11-12-13-20-28-33-42-49-56-72(77)90-69(61-84-71(76)55-48-41-36-35-39-46-53-66(6)7)63-88-92(81,82)86-59-67(74)58-85-91(79,80)87-62-68(60-83-70(75)54-47-40-32-27-24-19-22-26-31-38-45-52-65(4)5)89-73(78)57-50-43-34-29-23-18-16-14-15-17-21-25-30-37-44-51-64(2)3/h64-69,74H,8-63H2,1-7H3,(H,79,80)(H,81,82)/t67-,68-,69-/m1/s1. The quantitative estimate of drug-likeness (QED) is 0.0222. The molecule has 0 fully saturated rings. The van der Waals surface area contributed by atoms with Crippen molar-refractivity contribution in [1.29, 1.82) is 0 Å². The van der Waals surface area contributed by atoms with Crippen molar-refractivity contribution in [3.8, 4) is 0 Å². The molecule has 2 unspecified atom stereocenters. The number of hydrogen-bond acceptors (Lipinski definition) is 15. The number of phosphoric ester groups is 2. The maximum Gasteiger partial charge on any atom is 0.472 e. The summed E-state index contributed by atoms with van der Waals surface area (Å²) in [6.45, 7) is 11.8. The van der Waals surface area contributed by atoms with Gasteiger partial charge in [0.05, 0.1) is 26.4 Å². The monoisotopic (exact) mass is 1350 g/mol. The lowest BCUT2D eigenvalue weighted by Gasteiger charge is -2.21. The molecule has 0 heterocycles. The van der Waals surface area contributed by atoms with Gasteiger partial charge in [0.1, 0.15) is 19.3 Å². The first-order chi connectivity index (χ1) is 44.2. The third-order valence-corrected chi connectivity index (χ3v) is 18.8. The maximum absolute atomic E-state index is 13.1. The van der Waals surface area contributed by atoms with Gasteiger partial charge in [-0.3, -0.25) is 37.3 Å². The van der Waals surface area contributed by atoms with Crippen LogP contribution in [0.5, 0.6) is 0 Å². The van der Waals surface area contributed by atoms with Gasteiger partial charge in [0, 0.05) is 25.7 Å². The summed E-state index contributed by atoms with van der Waals surface area (Å²) in [5.74, 6) is 0.130. The van der Waals surface area contributed by atoms with Gasteiger partial charge >= 0.3 is 39.5 Å². The van der Waals surface area contributed by atoms with Gasteiger partial charge in [0.2, 0.25) is 0 Å². The van der Waals surface area contributed by atoms with Gasteiger partial charge in [-0.15, -0.1) is 0 Å². The number of unbranched alkanes of at least 4 members (excludes halogenated alkanes) is 39. The smallest absolute Gasteiger partial charge is 0.462 e. The summed E-state index contributed by atoms with van der Waals surface area (Å²) in [5, 5.41) is 10.6. The molecule has 0 rings (SSSR count). The Morgan fingerprint density at radius 1 is 0.293 bits per heavy atom. The second kappa shape index (κ2) is 63.8. The Morgan fingerprint density at radius 2 is 0.500 bits per heavy atom. The van der Waals surface area contributed by atoms with Gasteiger partial charge in [-0.25, -0.2) is 9.13 Å². The Labute approximate surface area is 562 Å². The van der Waals surface area contributed by atoms with E-state index in [9.17, 15) is 43.2 Å². The first-order valence-corrected chi connectivity index (χ1v) is 40.8. The van der Waals surface area contributed by atoms with Crippen molar-refractivity contribution >= 4 is 39.5 Å². The van der Waals surface area contributed by atoms with Crippen LogP contribution in [0.1, 0.15) is 370 Å². The third-order valence-electron chi connectivity index (χ3n) is 16.9. The first-order valence-electron chi connectivity index (χ1n) is 37.8. The highest BCUT2D eigenvalue weighted by Gasteiger charge is 2.30. The zero-order chi connectivity index (χ0) is 68.0. The fraction of sp³-hybridized carbons (Fsp3) is 0.945. The van der Waals surface area contributed by atoms with Crippen molar-refractivity contribution in [2.24, 2.45) is 17.8 Å². The molecule has 0 aliphatic carbocycles. The normalized spacial score (nSPS) is 14.1.